The zero-order chi connectivity index (χ0) is 13.0. The van der Waals surface area contributed by atoms with Gasteiger partial charge in [0, 0.05) is 36.2 Å². The molecule has 1 fully saturated rings. The van der Waals surface area contributed by atoms with Gasteiger partial charge in [0.05, 0.1) is 0 Å². The second-order valence-electron chi connectivity index (χ2n) is 4.97. The Kier molecular flexibility index (Phi) is 5.18. The summed E-state index contributed by atoms with van der Waals surface area (Å²) in [6.07, 6.45) is 1.14. The minimum absolute atomic E-state index is 0.412. The van der Waals surface area contributed by atoms with E-state index in [0.717, 1.165) is 30.5 Å². The predicted molar refractivity (Wildman–Crippen MR) is 79.8 cm³/mol. The summed E-state index contributed by atoms with van der Waals surface area (Å²) in [7, 11) is 4.26. The fraction of sp³-hybridized carbons (Fsp3) is 0.571. The zero-order valence-corrected chi connectivity index (χ0v) is 12.7. The van der Waals surface area contributed by atoms with E-state index in [1.807, 2.05) is 7.05 Å². The lowest BCUT2D eigenvalue weighted by Crippen LogP contribution is -2.50. The van der Waals surface area contributed by atoms with Gasteiger partial charge in [0.1, 0.15) is 0 Å². The molecule has 2 N–H and O–H groups in total. The van der Waals surface area contributed by atoms with Gasteiger partial charge in [-0.25, -0.2) is 0 Å². The van der Waals surface area contributed by atoms with Gasteiger partial charge in [0.15, 0.2) is 0 Å². The Balaban J connectivity index is 2.04. The maximum Gasteiger partial charge on any atom is 0.0333 e. The Bertz CT molecular complexity index is 383. The standard InChI is InChI=1S/C14H22BrN3/c1-16-14(11-4-3-5-12(15)8-11)9-13-10-17-6-7-18(13)2/h3-5,8,13-14,16-17H,6-7,9-10H2,1-2H3. The fourth-order valence-corrected chi connectivity index (χ4v) is 2.96. The van der Waals surface area contributed by atoms with Crippen molar-refractivity contribution in [2.24, 2.45) is 0 Å². The van der Waals surface area contributed by atoms with E-state index in [0.29, 0.717) is 12.1 Å². The highest BCUT2D eigenvalue weighted by molar-refractivity contribution is 9.10. The van der Waals surface area contributed by atoms with Gasteiger partial charge in [-0.05, 0) is 38.2 Å². The van der Waals surface area contributed by atoms with E-state index in [1.54, 1.807) is 0 Å². The molecule has 1 aliphatic heterocycles. The molecule has 100 valence electrons. The number of likely N-dealkylation sites (N-methyl/N-ethyl adjacent to an activating group) is 1. The summed E-state index contributed by atoms with van der Waals surface area (Å²) in [5.41, 5.74) is 1.35. The third-order valence-corrected chi connectivity index (χ3v) is 4.25. The molecule has 0 aliphatic carbocycles. The van der Waals surface area contributed by atoms with E-state index < -0.39 is 0 Å². The average molecular weight is 312 g/mol. The van der Waals surface area contributed by atoms with Crippen LogP contribution in [0, 0.1) is 0 Å². The minimum Gasteiger partial charge on any atom is -0.314 e. The monoisotopic (exact) mass is 311 g/mol. The van der Waals surface area contributed by atoms with E-state index in [2.05, 4.69) is 62.8 Å². The highest BCUT2D eigenvalue weighted by Crippen LogP contribution is 2.23. The number of nitrogens with zero attached hydrogens (tertiary/aromatic N) is 1. The van der Waals surface area contributed by atoms with Crippen molar-refractivity contribution in [3.05, 3.63) is 34.3 Å². The first-order chi connectivity index (χ1) is 8.70. The average Bonchev–Trinajstić information content (AvgIpc) is 2.38. The van der Waals surface area contributed by atoms with Crippen LogP contribution in [0.3, 0.4) is 0 Å². The molecule has 4 heteroatoms. The summed E-state index contributed by atoms with van der Waals surface area (Å²) in [5, 5.41) is 6.92. The first kappa shape index (κ1) is 14.0. The molecule has 1 aromatic rings. The number of piperazine rings is 1. The van der Waals surface area contributed by atoms with E-state index in [4.69, 9.17) is 0 Å². The maximum atomic E-state index is 3.55. The topological polar surface area (TPSA) is 27.3 Å². The molecule has 0 amide bonds. The SMILES string of the molecule is CNC(CC1CNCCN1C)c1cccc(Br)c1. The molecule has 0 aromatic heterocycles. The summed E-state index contributed by atoms with van der Waals surface area (Å²) in [4.78, 5) is 2.46. The van der Waals surface area contributed by atoms with Gasteiger partial charge in [-0.15, -0.1) is 0 Å². The molecular formula is C14H22BrN3. The van der Waals surface area contributed by atoms with E-state index in [9.17, 15) is 0 Å². The van der Waals surface area contributed by atoms with Crippen LogP contribution in [0.5, 0.6) is 0 Å². The lowest BCUT2D eigenvalue weighted by Gasteiger charge is -2.35. The molecule has 2 rings (SSSR count). The van der Waals surface area contributed by atoms with Gasteiger partial charge in [-0.1, -0.05) is 28.1 Å². The molecular weight excluding hydrogens is 290 g/mol. The van der Waals surface area contributed by atoms with Gasteiger partial charge in [-0.3, -0.25) is 0 Å². The summed E-state index contributed by atoms with van der Waals surface area (Å²) in [6, 6.07) is 9.60. The fourth-order valence-electron chi connectivity index (χ4n) is 2.54. The van der Waals surface area contributed by atoms with Crippen molar-refractivity contribution in [3.63, 3.8) is 0 Å². The van der Waals surface area contributed by atoms with Gasteiger partial charge in [-0.2, -0.15) is 0 Å². The van der Waals surface area contributed by atoms with Gasteiger partial charge in [0.2, 0.25) is 0 Å². The number of hydrogen-bond acceptors (Lipinski definition) is 3. The van der Waals surface area contributed by atoms with Crippen LogP contribution in [0.4, 0.5) is 0 Å². The Morgan fingerprint density at radius 2 is 2.39 bits per heavy atom. The van der Waals surface area contributed by atoms with Crippen LogP contribution in [-0.4, -0.2) is 44.7 Å². The Hall–Kier alpha value is -0.420. The second kappa shape index (κ2) is 6.66. The summed E-state index contributed by atoms with van der Waals surface area (Å²) < 4.78 is 1.15. The molecule has 1 heterocycles. The molecule has 0 bridgehead atoms. The highest BCUT2D eigenvalue weighted by atomic mass is 79.9. The van der Waals surface area contributed by atoms with Crippen LogP contribution in [0.1, 0.15) is 18.0 Å². The van der Waals surface area contributed by atoms with Gasteiger partial charge in [0.25, 0.3) is 0 Å². The number of benzene rings is 1. The molecule has 0 saturated carbocycles. The molecule has 18 heavy (non-hydrogen) atoms. The Morgan fingerprint density at radius 1 is 1.56 bits per heavy atom. The quantitative estimate of drug-likeness (QED) is 0.890. The van der Waals surface area contributed by atoms with Crippen LogP contribution in [0.2, 0.25) is 0 Å². The number of halogens is 1. The molecule has 0 radical (unpaired) electrons. The lowest BCUT2D eigenvalue weighted by molar-refractivity contribution is 0.178. The third kappa shape index (κ3) is 3.54. The van der Waals surface area contributed by atoms with E-state index >= 15 is 0 Å². The second-order valence-corrected chi connectivity index (χ2v) is 5.89. The van der Waals surface area contributed by atoms with Gasteiger partial charge < -0.3 is 15.5 Å². The highest BCUT2D eigenvalue weighted by Gasteiger charge is 2.22. The van der Waals surface area contributed by atoms with Crippen molar-refractivity contribution in [2.45, 2.75) is 18.5 Å². The Labute approximate surface area is 118 Å². The number of nitrogens with one attached hydrogen (secondary N) is 2. The minimum atomic E-state index is 0.412. The van der Waals surface area contributed by atoms with Crippen molar-refractivity contribution in [3.8, 4) is 0 Å². The number of rotatable bonds is 4. The lowest BCUT2D eigenvalue weighted by atomic mass is 9.98. The summed E-state index contributed by atoms with van der Waals surface area (Å²) in [6.45, 7) is 3.33. The summed E-state index contributed by atoms with van der Waals surface area (Å²) in [5.74, 6) is 0. The van der Waals surface area contributed by atoms with Gasteiger partial charge >= 0.3 is 0 Å². The number of hydrogen-bond donors (Lipinski definition) is 2. The Morgan fingerprint density at radius 3 is 3.06 bits per heavy atom. The molecule has 1 aliphatic rings. The van der Waals surface area contributed by atoms with Crippen molar-refractivity contribution in [2.75, 3.05) is 33.7 Å². The molecule has 1 aromatic carbocycles. The van der Waals surface area contributed by atoms with Crippen LogP contribution < -0.4 is 10.6 Å². The molecule has 2 unspecified atom stereocenters. The van der Waals surface area contributed by atoms with Crippen LogP contribution in [0.15, 0.2) is 28.7 Å². The van der Waals surface area contributed by atoms with Crippen molar-refractivity contribution in [1.82, 2.24) is 15.5 Å². The molecule has 2 atom stereocenters. The largest absolute Gasteiger partial charge is 0.314 e. The van der Waals surface area contributed by atoms with Crippen molar-refractivity contribution in [1.29, 1.82) is 0 Å². The first-order valence-electron chi connectivity index (χ1n) is 6.54. The smallest absolute Gasteiger partial charge is 0.0333 e. The van der Waals surface area contributed by atoms with E-state index in [-0.39, 0.29) is 0 Å². The summed E-state index contributed by atoms with van der Waals surface area (Å²) >= 11 is 3.55. The van der Waals surface area contributed by atoms with Crippen LogP contribution in [-0.2, 0) is 0 Å². The van der Waals surface area contributed by atoms with Crippen molar-refractivity contribution >= 4 is 15.9 Å². The van der Waals surface area contributed by atoms with Crippen LogP contribution in [0.25, 0.3) is 0 Å². The third-order valence-electron chi connectivity index (χ3n) is 3.75. The molecule has 0 spiro atoms. The zero-order valence-electron chi connectivity index (χ0n) is 11.1. The first-order valence-corrected chi connectivity index (χ1v) is 7.33. The normalized spacial score (nSPS) is 22.9. The van der Waals surface area contributed by atoms with Crippen LogP contribution >= 0.6 is 15.9 Å². The molecule has 1 saturated heterocycles. The van der Waals surface area contributed by atoms with E-state index in [1.165, 1.54) is 5.56 Å². The maximum absolute atomic E-state index is 3.55. The van der Waals surface area contributed by atoms with Crippen molar-refractivity contribution < 1.29 is 0 Å². The molecule has 3 nitrogen and oxygen atoms in total. The predicted octanol–water partition coefficient (Wildman–Crippen LogP) is 2.00.